The van der Waals surface area contributed by atoms with Crippen LogP contribution in [-0.2, 0) is 13.2 Å². The van der Waals surface area contributed by atoms with Crippen molar-refractivity contribution in [2.24, 2.45) is 0 Å². The Morgan fingerprint density at radius 3 is 2.48 bits per heavy atom. The van der Waals surface area contributed by atoms with Gasteiger partial charge in [-0.1, -0.05) is 42.5 Å². The number of fused-ring (bicyclic) bond motifs is 4. The molecular formula is C29H27F3N4O4. The van der Waals surface area contributed by atoms with Crippen molar-refractivity contribution in [1.29, 1.82) is 0 Å². The first-order valence-corrected chi connectivity index (χ1v) is 12.8. The molecule has 3 heterocycles. The van der Waals surface area contributed by atoms with E-state index in [9.17, 15) is 27.6 Å². The maximum atomic E-state index is 14.2. The highest BCUT2D eigenvalue weighted by atomic mass is 19.1. The molecule has 0 radical (unpaired) electrons. The summed E-state index contributed by atoms with van der Waals surface area (Å²) in [5.41, 5.74) is -1.07. The van der Waals surface area contributed by atoms with Gasteiger partial charge < -0.3 is 15.0 Å². The summed E-state index contributed by atoms with van der Waals surface area (Å²) in [6, 6.07) is 9.64. The van der Waals surface area contributed by atoms with Crippen molar-refractivity contribution in [3.05, 3.63) is 111 Å². The Morgan fingerprint density at radius 1 is 1.07 bits per heavy atom. The van der Waals surface area contributed by atoms with Crippen LogP contribution in [0.1, 0.15) is 52.2 Å². The second kappa shape index (κ2) is 10.9. The quantitative estimate of drug-likeness (QED) is 0.470. The van der Waals surface area contributed by atoms with Crippen LogP contribution in [0.2, 0.25) is 0 Å². The molecule has 0 saturated carbocycles. The van der Waals surface area contributed by atoms with Crippen LogP contribution in [0.15, 0.2) is 65.6 Å². The van der Waals surface area contributed by atoms with E-state index < -0.39 is 46.8 Å². The molecule has 1 N–H and O–H groups in total. The van der Waals surface area contributed by atoms with Crippen LogP contribution in [0.3, 0.4) is 0 Å². The first-order valence-electron chi connectivity index (χ1n) is 12.8. The lowest BCUT2D eigenvalue weighted by Gasteiger charge is -2.45. The summed E-state index contributed by atoms with van der Waals surface area (Å²) in [5.74, 6) is -5.12. The van der Waals surface area contributed by atoms with Crippen molar-refractivity contribution < 1.29 is 27.5 Å². The number of halogens is 3. The second-order valence-electron chi connectivity index (χ2n) is 9.81. The summed E-state index contributed by atoms with van der Waals surface area (Å²) in [6.45, 7) is 3.34. The predicted octanol–water partition coefficient (Wildman–Crippen LogP) is 3.86. The van der Waals surface area contributed by atoms with Crippen LogP contribution in [0.4, 0.5) is 13.2 Å². The zero-order chi connectivity index (χ0) is 28.6. The van der Waals surface area contributed by atoms with E-state index in [-0.39, 0.29) is 42.4 Å². The Morgan fingerprint density at radius 2 is 1.77 bits per heavy atom. The second-order valence-corrected chi connectivity index (χ2v) is 9.81. The molecule has 11 heteroatoms. The first-order chi connectivity index (χ1) is 19.2. The maximum absolute atomic E-state index is 14.2. The van der Waals surface area contributed by atoms with Crippen LogP contribution in [0.25, 0.3) is 0 Å². The number of hydrogen-bond acceptors (Lipinski definition) is 5. The molecule has 0 spiro atoms. The standard InChI is InChI=1S/C29H27F3N4O4/c1-17-7-6-8-18(2)36-16-34(17)29(39)25-27(40-15-19-9-4-3-5-10-19)26(37)22(14-35(25)36)28(38)33-13-21-23(31)11-20(30)12-24(21)32/h3-7,9-12,14,17-18H,8,13,15-16H2,1-2H3,(H,33,38)/t17-,18+/m0/s1. The van der Waals surface area contributed by atoms with E-state index in [2.05, 4.69) is 5.32 Å². The zero-order valence-corrected chi connectivity index (χ0v) is 21.9. The van der Waals surface area contributed by atoms with Gasteiger partial charge in [0.15, 0.2) is 11.4 Å². The highest BCUT2D eigenvalue weighted by Gasteiger charge is 2.38. The van der Waals surface area contributed by atoms with E-state index in [1.54, 1.807) is 29.2 Å². The largest absolute Gasteiger partial charge is 0.482 e. The van der Waals surface area contributed by atoms with E-state index in [1.165, 1.54) is 10.9 Å². The molecule has 40 heavy (non-hydrogen) atoms. The number of hydrogen-bond donors (Lipinski definition) is 1. The van der Waals surface area contributed by atoms with Gasteiger partial charge in [-0.25, -0.2) is 13.2 Å². The van der Waals surface area contributed by atoms with Crippen LogP contribution in [0.5, 0.6) is 5.75 Å². The van der Waals surface area contributed by atoms with Gasteiger partial charge in [0.2, 0.25) is 5.43 Å². The average Bonchev–Trinajstić information content (AvgIpc) is 2.91. The molecule has 2 aromatic carbocycles. The van der Waals surface area contributed by atoms with Crippen LogP contribution >= 0.6 is 0 Å². The molecule has 8 nitrogen and oxygen atoms in total. The Labute approximate surface area is 228 Å². The fourth-order valence-corrected chi connectivity index (χ4v) is 4.80. The highest BCUT2D eigenvalue weighted by Crippen LogP contribution is 2.28. The fourth-order valence-electron chi connectivity index (χ4n) is 4.80. The van der Waals surface area contributed by atoms with Gasteiger partial charge in [-0.15, -0.1) is 0 Å². The number of nitrogens with one attached hydrogen (secondary N) is 1. The smallest absolute Gasteiger partial charge is 0.278 e. The lowest BCUT2D eigenvalue weighted by Crippen LogP contribution is -2.60. The van der Waals surface area contributed by atoms with E-state index in [1.807, 2.05) is 37.1 Å². The van der Waals surface area contributed by atoms with Gasteiger partial charge in [-0.3, -0.25) is 24.1 Å². The van der Waals surface area contributed by atoms with E-state index in [0.29, 0.717) is 18.6 Å². The van der Waals surface area contributed by atoms with Crippen LogP contribution in [-0.4, -0.2) is 40.1 Å². The SMILES string of the molecule is C[C@@H]1CC=C[C@H](C)N2CN1n1cc(C(=O)NCc3c(F)cc(F)cc3F)c(=O)c(OCc3ccccc3)c1C2=O. The molecule has 5 rings (SSSR count). The number of ether oxygens (including phenoxy) is 1. The summed E-state index contributed by atoms with van der Waals surface area (Å²) in [4.78, 5) is 42.2. The summed E-state index contributed by atoms with van der Waals surface area (Å²) in [6.07, 6.45) is 5.80. The minimum Gasteiger partial charge on any atom is -0.482 e. The topological polar surface area (TPSA) is 83.9 Å². The van der Waals surface area contributed by atoms with Gasteiger partial charge >= 0.3 is 0 Å². The van der Waals surface area contributed by atoms with E-state index >= 15 is 0 Å². The Bertz CT molecular complexity index is 1530. The summed E-state index contributed by atoms with van der Waals surface area (Å²) >= 11 is 0. The Kier molecular flexibility index (Phi) is 7.38. The van der Waals surface area contributed by atoms with Crippen LogP contribution in [0, 0.1) is 17.5 Å². The molecule has 0 aliphatic carbocycles. The Balaban J connectivity index is 1.57. The monoisotopic (exact) mass is 552 g/mol. The van der Waals surface area contributed by atoms with Gasteiger partial charge in [0.25, 0.3) is 11.8 Å². The molecule has 3 aromatic rings. The highest BCUT2D eigenvalue weighted by molar-refractivity contribution is 5.99. The molecular weight excluding hydrogens is 525 g/mol. The lowest BCUT2D eigenvalue weighted by atomic mass is 10.1. The lowest BCUT2D eigenvalue weighted by molar-refractivity contribution is 0.0631. The van der Waals surface area contributed by atoms with Gasteiger partial charge in [0.05, 0.1) is 0 Å². The molecule has 2 aliphatic rings. The normalized spacial score (nSPS) is 18.2. The zero-order valence-electron chi connectivity index (χ0n) is 21.9. The fraction of sp³-hybridized carbons (Fsp3) is 0.276. The van der Waals surface area contributed by atoms with Gasteiger partial charge in [-0.2, -0.15) is 0 Å². The number of nitrogens with zero attached hydrogens (tertiary/aromatic N) is 3. The minimum atomic E-state index is -1.17. The maximum Gasteiger partial charge on any atom is 0.278 e. The molecule has 2 aliphatic heterocycles. The number of pyridine rings is 1. The summed E-state index contributed by atoms with van der Waals surface area (Å²) < 4.78 is 49.0. The van der Waals surface area contributed by atoms with Gasteiger partial charge in [0.1, 0.15) is 36.3 Å². The van der Waals surface area contributed by atoms with Crippen molar-refractivity contribution in [2.45, 2.75) is 45.5 Å². The van der Waals surface area contributed by atoms with Gasteiger partial charge in [0, 0.05) is 42.5 Å². The molecule has 1 aromatic heterocycles. The molecule has 0 unspecified atom stereocenters. The number of amides is 2. The number of aromatic nitrogens is 1. The third kappa shape index (κ3) is 5.06. The number of rotatable bonds is 6. The third-order valence-electron chi connectivity index (χ3n) is 7.08. The molecule has 0 fully saturated rings. The molecule has 208 valence electrons. The van der Waals surface area contributed by atoms with Crippen LogP contribution < -0.4 is 20.5 Å². The number of carbonyl (C=O) groups excluding carboxylic acids is 2. The minimum absolute atomic E-state index is 0.0200. The molecule has 0 saturated heterocycles. The van der Waals surface area contributed by atoms with Crippen molar-refractivity contribution in [2.75, 3.05) is 11.7 Å². The predicted molar refractivity (Wildman–Crippen MR) is 141 cm³/mol. The first kappa shape index (κ1) is 27.0. The average molecular weight is 553 g/mol. The molecule has 2 amide bonds. The summed E-state index contributed by atoms with van der Waals surface area (Å²) in [5, 5.41) is 4.19. The van der Waals surface area contributed by atoms with Crippen molar-refractivity contribution in [3.8, 4) is 5.75 Å². The van der Waals surface area contributed by atoms with E-state index in [0.717, 1.165) is 5.56 Å². The van der Waals surface area contributed by atoms with E-state index in [4.69, 9.17) is 4.74 Å². The Hall–Kier alpha value is -4.54. The van der Waals surface area contributed by atoms with Crippen molar-refractivity contribution >= 4 is 11.8 Å². The number of carbonyl (C=O) groups is 2. The number of benzene rings is 2. The van der Waals surface area contributed by atoms with Gasteiger partial charge in [-0.05, 0) is 25.8 Å². The van der Waals surface area contributed by atoms with Crippen molar-refractivity contribution in [1.82, 2.24) is 14.9 Å². The molecule has 2 atom stereocenters. The van der Waals surface area contributed by atoms with Crippen molar-refractivity contribution in [3.63, 3.8) is 0 Å². The molecule has 2 bridgehead atoms. The summed E-state index contributed by atoms with van der Waals surface area (Å²) in [7, 11) is 0. The third-order valence-corrected chi connectivity index (χ3v) is 7.08.